The number of hydrogen-bond donors (Lipinski definition) is 1. The predicted octanol–water partition coefficient (Wildman–Crippen LogP) is 3.57. The van der Waals surface area contributed by atoms with Crippen LogP contribution in [0.25, 0.3) is 0 Å². The molecule has 0 aliphatic carbocycles. The second-order valence-electron chi connectivity index (χ2n) is 7.65. The Morgan fingerprint density at radius 3 is 2.54 bits per heavy atom. The number of carbonyl (C=O) groups excluding carboxylic acids is 1. The van der Waals surface area contributed by atoms with Gasteiger partial charge in [-0.05, 0) is 49.8 Å². The highest BCUT2D eigenvalue weighted by molar-refractivity contribution is 6.13. The Bertz CT molecular complexity index is 691. The normalized spacial score (nSPS) is 23.9. The van der Waals surface area contributed by atoms with Crippen molar-refractivity contribution in [1.82, 2.24) is 4.90 Å². The van der Waals surface area contributed by atoms with Crippen molar-refractivity contribution in [3.63, 3.8) is 0 Å². The van der Waals surface area contributed by atoms with Crippen molar-refractivity contribution in [3.05, 3.63) is 29.3 Å². The monoisotopic (exact) mass is 368 g/mol. The number of piperidine rings is 1. The number of Topliss-reactive ketones (excluding diaryl/α,β-unsaturated/α-hetero) is 1. The van der Waals surface area contributed by atoms with Crippen LogP contribution in [0, 0.1) is 5.92 Å². The molecule has 3 aliphatic heterocycles. The van der Waals surface area contributed by atoms with E-state index in [0.29, 0.717) is 30.0 Å². The Labute approximate surface area is 150 Å². The first-order valence-corrected chi connectivity index (χ1v) is 9.22. The van der Waals surface area contributed by atoms with Gasteiger partial charge in [0.05, 0.1) is 5.56 Å². The summed E-state index contributed by atoms with van der Waals surface area (Å²) in [7, 11) is 0. The molecular weight excluding hydrogens is 345 g/mol. The van der Waals surface area contributed by atoms with E-state index in [1.165, 1.54) is 6.07 Å². The number of nitrogens with zero attached hydrogens (tertiary/aromatic N) is 1. The molecule has 1 N–H and O–H groups in total. The number of hydrogen-bond acceptors (Lipinski definition) is 4. The molecule has 4 nitrogen and oxygen atoms in total. The Balaban J connectivity index is 1.43. The van der Waals surface area contributed by atoms with E-state index in [9.17, 15) is 18.0 Å². The molecule has 1 aromatic rings. The summed E-state index contributed by atoms with van der Waals surface area (Å²) in [5.74, 6) is 0.573. The maximum Gasteiger partial charge on any atom is 0.416 e. The van der Waals surface area contributed by atoms with Crippen LogP contribution >= 0.6 is 0 Å². The first-order valence-electron chi connectivity index (χ1n) is 9.22. The highest BCUT2D eigenvalue weighted by atomic mass is 19.4. The quantitative estimate of drug-likeness (QED) is 0.867. The second-order valence-corrected chi connectivity index (χ2v) is 7.65. The number of fused-ring (bicyclic) bond motifs is 1. The fraction of sp³-hybridized carbons (Fsp3) is 0.632. The number of likely N-dealkylation sites (tertiary alicyclic amines) is 1. The number of ether oxygens (including phenoxy) is 1. The van der Waals surface area contributed by atoms with Crippen LogP contribution in [0.2, 0.25) is 0 Å². The van der Waals surface area contributed by atoms with Crippen LogP contribution < -0.4 is 5.32 Å². The molecule has 2 saturated heterocycles. The first kappa shape index (κ1) is 17.8. The number of alkyl halides is 3. The maximum atomic E-state index is 12.9. The van der Waals surface area contributed by atoms with Gasteiger partial charge in [-0.3, -0.25) is 4.79 Å². The minimum absolute atomic E-state index is 0.0630. The Morgan fingerprint density at radius 2 is 1.88 bits per heavy atom. The van der Waals surface area contributed by atoms with Crippen molar-refractivity contribution in [3.8, 4) is 0 Å². The van der Waals surface area contributed by atoms with Gasteiger partial charge in [-0.25, -0.2) is 0 Å². The molecule has 3 aliphatic rings. The van der Waals surface area contributed by atoms with Crippen LogP contribution in [0.4, 0.5) is 18.9 Å². The first-order chi connectivity index (χ1) is 12.4. The van der Waals surface area contributed by atoms with Gasteiger partial charge >= 0.3 is 6.18 Å². The topological polar surface area (TPSA) is 41.6 Å². The summed E-state index contributed by atoms with van der Waals surface area (Å²) in [6.07, 6.45) is -0.992. The highest BCUT2D eigenvalue weighted by Crippen LogP contribution is 2.41. The lowest BCUT2D eigenvalue weighted by Crippen LogP contribution is -2.52. The van der Waals surface area contributed by atoms with Crippen molar-refractivity contribution in [2.45, 2.75) is 37.4 Å². The van der Waals surface area contributed by atoms with Gasteiger partial charge in [-0.1, -0.05) is 0 Å². The van der Waals surface area contributed by atoms with Crippen LogP contribution in [-0.4, -0.2) is 49.1 Å². The van der Waals surface area contributed by atoms with Crippen molar-refractivity contribution < 1.29 is 22.7 Å². The minimum Gasteiger partial charge on any atom is -0.381 e. The van der Waals surface area contributed by atoms with Crippen LogP contribution in [0.3, 0.4) is 0 Å². The minimum atomic E-state index is -4.40. The van der Waals surface area contributed by atoms with Crippen molar-refractivity contribution >= 4 is 11.5 Å². The molecule has 0 bridgehead atoms. The standard InChI is InChI=1S/C19H23F3N2O2/c20-19(21,22)14-1-2-15-16(11-14)23-18(17(15)25)5-7-24(8-6-18)12-13-3-9-26-10-4-13/h1-2,11,13,23H,3-10,12H2. The molecule has 26 heavy (non-hydrogen) atoms. The van der Waals surface area contributed by atoms with Crippen LogP contribution in [0.1, 0.15) is 41.6 Å². The average Bonchev–Trinajstić information content (AvgIpc) is 2.89. The molecule has 2 fully saturated rings. The summed E-state index contributed by atoms with van der Waals surface area (Å²) in [5.41, 5.74) is -0.747. The largest absolute Gasteiger partial charge is 0.416 e. The summed E-state index contributed by atoms with van der Waals surface area (Å²) in [5, 5.41) is 3.14. The van der Waals surface area contributed by atoms with Gasteiger partial charge in [0.25, 0.3) is 0 Å². The summed E-state index contributed by atoms with van der Waals surface area (Å²) in [4.78, 5) is 15.2. The van der Waals surface area contributed by atoms with Gasteiger partial charge in [0, 0.05) is 44.1 Å². The summed E-state index contributed by atoms with van der Waals surface area (Å²) >= 11 is 0. The van der Waals surface area contributed by atoms with Crippen molar-refractivity contribution in [1.29, 1.82) is 0 Å². The Hall–Kier alpha value is -1.60. The van der Waals surface area contributed by atoms with Gasteiger partial charge in [-0.15, -0.1) is 0 Å². The molecule has 4 rings (SSSR count). The van der Waals surface area contributed by atoms with Gasteiger partial charge in [0.1, 0.15) is 5.54 Å². The fourth-order valence-corrected chi connectivity index (χ4v) is 4.36. The zero-order valence-electron chi connectivity index (χ0n) is 14.6. The molecule has 0 unspecified atom stereocenters. The lowest BCUT2D eigenvalue weighted by Gasteiger charge is -2.40. The molecule has 7 heteroatoms. The van der Waals surface area contributed by atoms with E-state index < -0.39 is 17.3 Å². The number of ketones is 1. The second kappa shape index (κ2) is 6.53. The number of rotatable bonds is 2. The van der Waals surface area contributed by atoms with Gasteiger partial charge in [-0.2, -0.15) is 13.2 Å². The van der Waals surface area contributed by atoms with E-state index in [1.54, 1.807) is 0 Å². The molecule has 0 saturated carbocycles. The zero-order valence-corrected chi connectivity index (χ0v) is 14.6. The van der Waals surface area contributed by atoms with Gasteiger partial charge in [0.15, 0.2) is 5.78 Å². The Kier molecular flexibility index (Phi) is 4.47. The molecule has 0 radical (unpaired) electrons. The smallest absolute Gasteiger partial charge is 0.381 e. The van der Waals surface area contributed by atoms with E-state index in [2.05, 4.69) is 10.2 Å². The molecule has 3 heterocycles. The number of benzene rings is 1. The molecule has 142 valence electrons. The third-order valence-electron chi connectivity index (χ3n) is 5.97. The van der Waals surface area contributed by atoms with Crippen molar-refractivity contribution in [2.75, 3.05) is 38.2 Å². The van der Waals surface area contributed by atoms with E-state index in [4.69, 9.17) is 4.74 Å². The van der Waals surface area contributed by atoms with Crippen LogP contribution in [-0.2, 0) is 10.9 Å². The lowest BCUT2D eigenvalue weighted by atomic mass is 9.83. The number of nitrogens with one attached hydrogen (secondary N) is 1. The van der Waals surface area contributed by atoms with E-state index in [1.807, 2.05) is 0 Å². The van der Waals surface area contributed by atoms with Crippen LogP contribution in [0.15, 0.2) is 18.2 Å². The number of halogens is 3. The SMILES string of the molecule is O=C1c2ccc(C(F)(F)F)cc2NC12CCN(CC1CCOCC1)CC2. The molecular formula is C19H23F3N2O2. The van der Waals surface area contributed by atoms with Crippen LogP contribution in [0.5, 0.6) is 0 Å². The van der Waals surface area contributed by atoms with E-state index in [-0.39, 0.29) is 5.78 Å². The summed E-state index contributed by atoms with van der Waals surface area (Å²) in [6.45, 7) is 4.23. The van der Waals surface area contributed by atoms with Gasteiger partial charge in [0.2, 0.25) is 0 Å². The number of anilines is 1. The van der Waals surface area contributed by atoms with Crippen molar-refractivity contribution in [2.24, 2.45) is 5.92 Å². The third-order valence-corrected chi connectivity index (χ3v) is 5.97. The average molecular weight is 368 g/mol. The lowest BCUT2D eigenvalue weighted by molar-refractivity contribution is -0.137. The molecule has 0 amide bonds. The maximum absolute atomic E-state index is 12.9. The summed E-state index contributed by atoms with van der Waals surface area (Å²) < 4.78 is 44.2. The number of carbonyl (C=O) groups is 1. The summed E-state index contributed by atoms with van der Waals surface area (Å²) in [6, 6.07) is 3.38. The molecule has 1 spiro atoms. The predicted molar refractivity (Wildman–Crippen MR) is 91.3 cm³/mol. The zero-order chi connectivity index (χ0) is 18.4. The van der Waals surface area contributed by atoms with E-state index in [0.717, 1.165) is 57.8 Å². The molecule has 0 aromatic heterocycles. The third kappa shape index (κ3) is 3.22. The Morgan fingerprint density at radius 1 is 1.19 bits per heavy atom. The molecule has 0 atom stereocenters. The van der Waals surface area contributed by atoms with E-state index >= 15 is 0 Å². The van der Waals surface area contributed by atoms with Gasteiger partial charge < -0.3 is 15.0 Å². The highest BCUT2D eigenvalue weighted by Gasteiger charge is 2.47. The molecule has 1 aromatic carbocycles. The fourth-order valence-electron chi connectivity index (χ4n) is 4.36.